The fourth-order valence-corrected chi connectivity index (χ4v) is 3.65. The van der Waals surface area contributed by atoms with Gasteiger partial charge in [-0.1, -0.05) is 18.0 Å². The lowest BCUT2D eigenvalue weighted by molar-refractivity contribution is 0.260. The maximum atomic E-state index is 12.0. The topological polar surface area (TPSA) is 64.0 Å². The molecule has 17 heavy (non-hydrogen) atoms. The van der Waals surface area contributed by atoms with E-state index < -0.39 is 10.0 Å². The van der Waals surface area contributed by atoms with Gasteiger partial charge in [0.1, 0.15) is 5.15 Å². The third-order valence-electron chi connectivity index (χ3n) is 3.29. The van der Waals surface area contributed by atoms with E-state index in [1.165, 1.54) is 17.3 Å². The molecular weight excluding hydrogens is 262 g/mol. The van der Waals surface area contributed by atoms with Crippen LogP contribution in [0.1, 0.15) is 26.2 Å². The van der Waals surface area contributed by atoms with E-state index in [0.717, 1.165) is 12.8 Å². The molecule has 1 aliphatic rings. The van der Waals surface area contributed by atoms with Gasteiger partial charge < -0.3 is 4.57 Å². The molecule has 1 fully saturated rings. The number of sulfonamides is 1. The van der Waals surface area contributed by atoms with Crippen molar-refractivity contribution in [3.63, 3.8) is 0 Å². The van der Waals surface area contributed by atoms with Crippen LogP contribution in [0.4, 0.5) is 0 Å². The molecule has 0 radical (unpaired) electrons. The van der Waals surface area contributed by atoms with Crippen LogP contribution in [-0.4, -0.2) is 24.0 Å². The van der Waals surface area contributed by atoms with Crippen LogP contribution in [0.25, 0.3) is 0 Å². The SMILES string of the molecule is CC(NS(=O)(=O)c1ncn(C)c1Cl)C1CCC1. The zero-order valence-corrected chi connectivity index (χ0v) is 11.4. The van der Waals surface area contributed by atoms with E-state index >= 15 is 0 Å². The molecule has 5 nitrogen and oxygen atoms in total. The molecule has 0 aromatic carbocycles. The summed E-state index contributed by atoms with van der Waals surface area (Å²) < 4.78 is 28.2. The van der Waals surface area contributed by atoms with Crippen molar-refractivity contribution in [1.82, 2.24) is 14.3 Å². The summed E-state index contributed by atoms with van der Waals surface area (Å²) in [6.45, 7) is 1.89. The predicted octanol–water partition coefficient (Wildman–Crippen LogP) is 1.54. The Hall–Kier alpha value is -0.590. The molecular formula is C10H16ClN3O2S. The number of hydrogen-bond donors (Lipinski definition) is 1. The Labute approximate surface area is 106 Å². The summed E-state index contributed by atoms with van der Waals surface area (Å²) in [5.41, 5.74) is 0. The van der Waals surface area contributed by atoms with E-state index in [9.17, 15) is 8.42 Å². The second-order valence-corrected chi connectivity index (χ2v) is 6.54. The number of rotatable bonds is 4. The Morgan fingerprint density at radius 2 is 2.24 bits per heavy atom. The summed E-state index contributed by atoms with van der Waals surface area (Å²) in [7, 11) is -1.95. The minimum Gasteiger partial charge on any atom is -0.324 e. The van der Waals surface area contributed by atoms with Crippen LogP contribution in [0.2, 0.25) is 5.15 Å². The molecule has 1 aromatic rings. The molecule has 0 amide bonds. The highest BCUT2D eigenvalue weighted by molar-refractivity contribution is 7.89. The highest BCUT2D eigenvalue weighted by Crippen LogP contribution is 2.30. The molecule has 1 N–H and O–H groups in total. The number of halogens is 1. The lowest BCUT2D eigenvalue weighted by Crippen LogP contribution is -2.40. The number of nitrogens with zero attached hydrogens (tertiary/aromatic N) is 2. The number of hydrogen-bond acceptors (Lipinski definition) is 3. The molecule has 0 saturated heterocycles. The Morgan fingerprint density at radius 1 is 1.59 bits per heavy atom. The van der Waals surface area contributed by atoms with Crippen molar-refractivity contribution >= 4 is 21.6 Å². The largest absolute Gasteiger partial charge is 0.324 e. The van der Waals surface area contributed by atoms with Gasteiger partial charge in [-0.25, -0.2) is 18.1 Å². The van der Waals surface area contributed by atoms with Gasteiger partial charge in [0.25, 0.3) is 10.0 Å². The summed E-state index contributed by atoms with van der Waals surface area (Å²) in [6.07, 6.45) is 4.74. The fourth-order valence-electron chi connectivity index (χ4n) is 1.91. The highest BCUT2D eigenvalue weighted by Gasteiger charge is 2.30. The number of aromatic nitrogens is 2. The quantitative estimate of drug-likeness (QED) is 0.908. The van der Waals surface area contributed by atoms with Gasteiger partial charge in [-0.05, 0) is 25.7 Å². The monoisotopic (exact) mass is 277 g/mol. The number of aryl methyl sites for hydroxylation is 1. The molecule has 1 heterocycles. The number of imidazole rings is 1. The molecule has 0 bridgehead atoms. The molecule has 1 atom stereocenters. The zero-order chi connectivity index (χ0) is 12.6. The Morgan fingerprint density at radius 3 is 2.65 bits per heavy atom. The molecule has 1 unspecified atom stereocenters. The maximum Gasteiger partial charge on any atom is 0.261 e. The molecule has 2 rings (SSSR count). The van der Waals surface area contributed by atoms with Crippen molar-refractivity contribution < 1.29 is 8.42 Å². The molecule has 7 heteroatoms. The Kier molecular flexibility index (Phi) is 3.47. The van der Waals surface area contributed by atoms with Crippen LogP contribution in [0.5, 0.6) is 0 Å². The summed E-state index contributed by atoms with van der Waals surface area (Å²) in [5, 5.41) is 0.0474. The molecule has 0 aliphatic heterocycles. The van der Waals surface area contributed by atoms with E-state index in [-0.39, 0.29) is 16.2 Å². The van der Waals surface area contributed by atoms with Crippen molar-refractivity contribution in [2.75, 3.05) is 0 Å². The average Bonchev–Trinajstić information content (AvgIpc) is 2.43. The van der Waals surface area contributed by atoms with Crippen molar-refractivity contribution in [1.29, 1.82) is 0 Å². The van der Waals surface area contributed by atoms with Crippen LogP contribution < -0.4 is 4.72 Å². The van der Waals surface area contributed by atoms with E-state index in [1.54, 1.807) is 7.05 Å². The first-order valence-corrected chi connectivity index (χ1v) is 7.47. The normalized spacial score (nSPS) is 19.0. The lowest BCUT2D eigenvalue weighted by Gasteiger charge is -2.31. The fraction of sp³-hybridized carbons (Fsp3) is 0.700. The molecule has 96 valence electrons. The van der Waals surface area contributed by atoms with Crippen LogP contribution in [0.15, 0.2) is 11.4 Å². The van der Waals surface area contributed by atoms with Crippen LogP contribution in [0, 0.1) is 5.92 Å². The second-order valence-electron chi connectivity index (χ2n) is 4.55. The van der Waals surface area contributed by atoms with E-state index in [1.807, 2.05) is 6.92 Å². The molecule has 0 spiro atoms. The third kappa shape index (κ3) is 2.48. The maximum absolute atomic E-state index is 12.0. The molecule has 1 aliphatic carbocycles. The summed E-state index contributed by atoms with van der Waals surface area (Å²) in [5.74, 6) is 0.437. The third-order valence-corrected chi connectivity index (χ3v) is 5.33. The standard InChI is InChI=1S/C10H16ClN3O2S/c1-7(8-4-3-5-8)13-17(15,16)10-9(11)14(2)6-12-10/h6-8,13H,3-5H2,1-2H3. The first-order chi connectivity index (χ1) is 7.92. The van der Waals surface area contributed by atoms with E-state index in [0.29, 0.717) is 5.92 Å². The van der Waals surface area contributed by atoms with E-state index in [4.69, 9.17) is 11.6 Å². The van der Waals surface area contributed by atoms with Crippen LogP contribution in [0.3, 0.4) is 0 Å². The summed E-state index contributed by atoms with van der Waals surface area (Å²) in [6, 6.07) is -0.0631. The minimum absolute atomic E-state index is 0.0631. The van der Waals surface area contributed by atoms with Gasteiger partial charge in [0.15, 0.2) is 0 Å². The molecule has 1 aromatic heterocycles. The Bertz CT molecular complexity index is 508. The van der Waals surface area contributed by atoms with Gasteiger partial charge in [0.2, 0.25) is 5.03 Å². The molecule has 1 saturated carbocycles. The second kappa shape index (κ2) is 4.59. The number of nitrogens with one attached hydrogen (secondary N) is 1. The van der Waals surface area contributed by atoms with Gasteiger partial charge in [-0.15, -0.1) is 0 Å². The van der Waals surface area contributed by atoms with Gasteiger partial charge in [-0.2, -0.15) is 0 Å². The zero-order valence-electron chi connectivity index (χ0n) is 9.85. The predicted molar refractivity (Wildman–Crippen MR) is 65.3 cm³/mol. The summed E-state index contributed by atoms with van der Waals surface area (Å²) >= 11 is 5.89. The first-order valence-electron chi connectivity index (χ1n) is 5.61. The van der Waals surface area contributed by atoms with Crippen molar-refractivity contribution in [3.05, 3.63) is 11.5 Å². The van der Waals surface area contributed by atoms with E-state index in [2.05, 4.69) is 9.71 Å². The van der Waals surface area contributed by atoms with Gasteiger partial charge in [0, 0.05) is 13.1 Å². The highest BCUT2D eigenvalue weighted by atomic mass is 35.5. The van der Waals surface area contributed by atoms with Crippen molar-refractivity contribution in [3.8, 4) is 0 Å². The van der Waals surface area contributed by atoms with Crippen LogP contribution >= 0.6 is 11.6 Å². The van der Waals surface area contributed by atoms with Crippen LogP contribution in [-0.2, 0) is 17.1 Å². The smallest absolute Gasteiger partial charge is 0.261 e. The Balaban J connectivity index is 2.16. The minimum atomic E-state index is -3.60. The van der Waals surface area contributed by atoms with Gasteiger partial charge in [0.05, 0.1) is 6.33 Å². The summed E-state index contributed by atoms with van der Waals surface area (Å²) in [4.78, 5) is 3.82. The average molecular weight is 278 g/mol. The van der Waals surface area contributed by atoms with Crippen molar-refractivity contribution in [2.24, 2.45) is 13.0 Å². The van der Waals surface area contributed by atoms with Crippen molar-refractivity contribution in [2.45, 2.75) is 37.3 Å². The first kappa shape index (κ1) is 12.9. The lowest BCUT2D eigenvalue weighted by atomic mass is 9.81. The van der Waals surface area contributed by atoms with Gasteiger partial charge in [-0.3, -0.25) is 0 Å². The van der Waals surface area contributed by atoms with Gasteiger partial charge >= 0.3 is 0 Å².